The van der Waals surface area contributed by atoms with Crippen molar-refractivity contribution in [3.63, 3.8) is 0 Å². The molecule has 1 aliphatic rings. The number of hydrogen-bond donors (Lipinski definition) is 2. The number of rotatable bonds is 5. The second kappa shape index (κ2) is 7.97. The fourth-order valence-electron chi connectivity index (χ4n) is 3.50. The lowest BCUT2D eigenvalue weighted by atomic mass is 9.95. The van der Waals surface area contributed by atoms with Crippen LogP contribution in [0.4, 0.5) is 5.69 Å². The smallest absolute Gasteiger partial charge is 0.253 e. The number of nitrogens with one attached hydrogen (secondary N) is 1. The Morgan fingerprint density at radius 1 is 1.18 bits per heavy atom. The Bertz CT molecular complexity index is 995. The molecule has 7 nitrogen and oxygen atoms in total. The van der Waals surface area contributed by atoms with Crippen molar-refractivity contribution < 1.29 is 18.3 Å². The van der Waals surface area contributed by atoms with E-state index in [1.165, 1.54) is 4.57 Å². The van der Waals surface area contributed by atoms with E-state index in [1.807, 2.05) is 0 Å². The van der Waals surface area contributed by atoms with Gasteiger partial charge in [-0.15, -0.1) is 0 Å². The lowest BCUT2D eigenvalue weighted by molar-refractivity contribution is 0.0669. The van der Waals surface area contributed by atoms with Gasteiger partial charge in [0.25, 0.3) is 5.56 Å². The van der Waals surface area contributed by atoms with E-state index in [1.54, 1.807) is 44.4 Å². The zero-order chi connectivity index (χ0) is 20.5. The summed E-state index contributed by atoms with van der Waals surface area (Å²) in [6.07, 6.45) is 5.45. The Kier molecular flexibility index (Phi) is 5.81. The van der Waals surface area contributed by atoms with E-state index >= 15 is 0 Å². The Morgan fingerprint density at radius 2 is 1.86 bits per heavy atom. The topological polar surface area (TPSA) is 97.6 Å². The molecule has 1 aromatic heterocycles. The molecule has 0 spiro atoms. The summed E-state index contributed by atoms with van der Waals surface area (Å²) in [5.41, 5.74) is 2.41. The minimum atomic E-state index is -3.42. The number of aryl methyl sites for hydroxylation is 2. The van der Waals surface area contributed by atoms with Crippen molar-refractivity contribution >= 4 is 15.7 Å². The van der Waals surface area contributed by atoms with Crippen LogP contribution < -0.4 is 15.0 Å². The minimum Gasteiger partial charge on any atom is -0.490 e. The van der Waals surface area contributed by atoms with Crippen LogP contribution in [0.25, 0.3) is 11.1 Å². The number of aromatic nitrogens is 1. The van der Waals surface area contributed by atoms with Crippen molar-refractivity contribution in [1.29, 1.82) is 0 Å². The molecule has 1 saturated carbocycles. The van der Waals surface area contributed by atoms with Crippen LogP contribution in [0.3, 0.4) is 0 Å². The van der Waals surface area contributed by atoms with Crippen LogP contribution in [0.2, 0.25) is 0 Å². The number of aliphatic hydroxyl groups is 1. The van der Waals surface area contributed by atoms with Crippen molar-refractivity contribution in [2.24, 2.45) is 7.05 Å². The van der Waals surface area contributed by atoms with Gasteiger partial charge in [0.1, 0.15) is 5.75 Å². The van der Waals surface area contributed by atoms with Gasteiger partial charge in [-0.1, -0.05) is 0 Å². The van der Waals surface area contributed by atoms with E-state index in [0.29, 0.717) is 35.4 Å². The van der Waals surface area contributed by atoms with Gasteiger partial charge in [0.05, 0.1) is 18.5 Å². The summed E-state index contributed by atoms with van der Waals surface area (Å²) in [4.78, 5) is 12.1. The first-order valence-electron chi connectivity index (χ1n) is 9.26. The highest BCUT2D eigenvalue weighted by molar-refractivity contribution is 7.92. The van der Waals surface area contributed by atoms with Crippen molar-refractivity contribution in [3.05, 3.63) is 46.4 Å². The van der Waals surface area contributed by atoms with E-state index in [2.05, 4.69) is 4.72 Å². The van der Waals surface area contributed by atoms with Crippen LogP contribution in [0, 0.1) is 6.92 Å². The third kappa shape index (κ3) is 4.94. The van der Waals surface area contributed by atoms with E-state index < -0.39 is 10.0 Å². The summed E-state index contributed by atoms with van der Waals surface area (Å²) in [6, 6.07) is 6.90. The molecule has 1 fully saturated rings. The first-order valence-corrected chi connectivity index (χ1v) is 11.2. The molecule has 0 radical (unpaired) electrons. The van der Waals surface area contributed by atoms with Crippen LogP contribution in [-0.2, 0) is 17.1 Å². The molecule has 3 rings (SSSR count). The van der Waals surface area contributed by atoms with E-state index in [0.717, 1.165) is 24.7 Å². The maximum atomic E-state index is 12.1. The average Bonchev–Trinajstić information content (AvgIpc) is 2.61. The molecule has 1 aliphatic carbocycles. The predicted octanol–water partition coefficient (Wildman–Crippen LogP) is 2.41. The fraction of sp³-hybridized carbons (Fsp3) is 0.450. The summed E-state index contributed by atoms with van der Waals surface area (Å²) in [5.74, 6) is 0.624. The van der Waals surface area contributed by atoms with E-state index in [9.17, 15) is 18.3 Å². The first-order chi connectivity index (χ1) is 13.1. The Balaban J connectivity index is 2.02. The number of nitrogens with zero attached hydrogens (tertiary/aromatic N) is 1. The van der Waals surface area contributed by atoms with Crippen LogP contribution in [-0.4, -0.2) is 36.6 Å². The SMILES string of the molecule is Cc1cc(-c2cc(NS(C)(=O)=O)ccc2OC2CCC(O)CC2)cn(C)c1=O. The summed E-state index contributed by atoms with van der Waals surface area (Å²) >= 11 is 0. The van der Waals surface area contributed by atoms with Crippen molar-refractivity contribution in [1.82, 2.24) is 4.57 Å². The lowest BCUT2D eigenvalue weighted by Gasteiger charge is -2.27. The van der Waals surface area contributed by atoms with Gasteiger partial charge < -0.3 is 14.4 Å². The molecule has 0 amide bonds. The summed E-state index contributed by atoms with van der Waals surface area (Å²) in [6.45, 7) is 1.74. The van der Waals surface area contributed by atoms with Crippen molar-refractivity contribution in [2.45, 2.75) is 44.8 Å². The second-order valence-corrected chi connectivity index (χ2v) is 9.21. The molecule has 8 heteroatoms. The third-order valence-electron chi connectivity index (χ3n) is 4.89. The number of ether oxygens (including phenoxy) is 1. The number of benzene rings is 1. The molecule has 0 atom stereocenters. The van der Waals surface area contributed by atoms with Crippen LogP contribution in [0.15, 0.2) is 35.3 Å². The number of anilines is 1. The van der Waals surface area contributed by atoms with E-state index in [4.69, 9.17) is 4.74 Å². The highest BCUT2D eigenvalue weighted by Gasteiger charge is 2.22. The molecule has 2 N–H and O–H groups in total. The van der Waals surface area contributed by atoms with Gasteiger partial charge >= 0.3 is 0 Å². The Morgan fingerprint density at radius 3 is 2.46 bits per heavy atom. The third-order valence-corrected chi connectivity index (χ3v) is 5.50. The van der Waals surface area contributed by atoms with Gasteiger partial charge in [0.15, 0.2) is 0 Å². The van der Waals surface area contributed by atoms with Gasteiger partial charge in [-0.2, -0.15) is 0 Å². The van der Waals surface area contributed by atoms with Gasteiger partial charge in [-0.3, -0.25) is 9.52 Å². The first kappa shape index (κ1) is 20.4. The maximum Gasteiger partial charge on any atom is 0.253 e. The fourth-order valence-corrected chi connectivity index (χ4v) is 4.06. The summed E-state index contributed by atoms with van der Waals surface area (Å²) in [5, 5.41) is 9.70. The largest absolute Gasteiger partial charge is 0.490 e. The number of hydrogen-bond acceptors (Lipinski definition) is 5. The van der Waals surface area contributed by atoms with Crippen LogP contribution in [0.1, 0.15) is 31.2 Å². The zero-order valence-electron chi connectivity index (χ0n) is 16.3. The number of pyridine rings is 1. The van der Waals surface area contributed by atoms with Crippen molar-refractivity contribution in [2.75, 3.05) is 11.0 Å². The molecule has 2 aromatic rings. The molecule has 0 bridgehead atoms. The molecular formula is C20H26N2O5S. The normalized spacial score (nSPS) is 20.0. The quantitative estimate of drug-likeness (QED) is 0.795. The molecule has 0 saturated heterocycles. The maximum absolute atomic E-state index is 12.1. The average molecular weight is 407 g/mol. The van der Waals surface area contributed by atoms with Gasteiger partial charge in [-0.25, -0.2) is 8.42 Å². The lowest BCUT2D eigenvalue weighted by Crippen LogP contribution is -2.26. The molecule has 0 unspecified atom stereocenters. The van der Waals surface area contributed by atoms with Gasteiger partial charge in [-0.05, 0) is 56.9 Å². The summed E-state index contributed by atoms with van der Waals surface area (Å²) < 4.78 is 33.4. The highest BCUT2D eigenvalue weighted by Crippen LogP contribution is 2.35. The molecule has 1 heterocycles. The number of sulfonamides is 1. The molecule has 152 valence electrons. The Labute approximate surface area is 165 Å². The summed E-state index contributed by atoms with van der Waals surface area (Å²) in [7, 11) is -1.74. The molecule has 28 heavy (non-hydrogen) atoms. The standard InChI is InChI=1S/C20H26N2O5S/c1-13-10-14(12-22(2)20(13)24)18-11-15(21-28(3,25)26)4-9-19(18)27-17-7-5-16(23)6-8-17/h4,9-12,16-17,21,23H,5-8H2,1-3H3. The van der Waals surface area contributed by atoms with Gasteiger partial charge in [0.2, 0.25) is 10.0 Å². The molecule has 0 aliphatic heterocycles. The van der Waals surface area contributed by atoms with E-state index in [-0.39, 0.29) is 17.8 Å². The Hall–Kier alpha value is -2.32. The molecular weight excluding hydrogens is 380 g/mol. The predicted molar refractivity (Wildman–Crippen MR) is 109 cm³/mol. The number of aliphatic hydroxyl groups excluding tert-OH is 1. The van der Waals surface area contributed by atoms with Crippen LogP contribution >= 0.6 is 0 Å². The van der Waals surface area contributed by atoms with Crippen molar-refractivity contribution in [3.8, 4) is 16.9 Å². The minimum absolute atomic E-state index is 0.00973. The molecule has 1 aromatic carbocycles. The second-order valence-electron chi connectivity index (χ2n) is 7.46. The zero-order valence-corrected chi connectivity index (χ0v) is 17.1. The highest BCUT2D eigenvalue weighted by atomic mass is 32.2. The monoisotopic (exact) mass is 406 g/mol. The van der Waals surface area contributed by atoms with Gasteiger partial charge in [0, 0.05) is 35.6 Å². The van der Waals surface area contributed by atoms with Crippen LogP contribution in [0.5, 0.6) is 5.75 Å².